The third-order valence-electron chi connectivity index (χ3n) is 4.38. The fourth-order valence-corrected chi connectivity index (χ4v) is 3.14. The number of piperidine rings is 1. The summed E-state index contributed by atoms with van der Waals surface area (Å²) >= 11 is 0. The lowest BCUT2D eigenvalue weighted by Crippen LogP contribution is -2.39. The van der Waals surface area contributed by atoms with Crippen LogP contribution >= 0.6 is 0 Å². The summed E-state index contributed by atoms with van der Waals surface area (Å²) in [6, 6.07) is 7.87. The Kier molecular flexibility index (Phi) is 4.05. The van der Waals surface area contributed by atoms with Crippen molar-refractivity contribution in [2.45, 2.75) is 18.9 Å². The number of pyridine rings is 1. The first-order valence-corrected chi connectivity index (χ1v) is 8.20. The number of nitrogens with one attached hydrogen (secondary N) is 1. The van der Waals surface area contributed by atoms with Crippen LogP contribution in [-0.4, -0.2) is 34.1 Å². The van der Waals surface area contributed by atoms with Gasteiger partial charge in [-0.1, -0.05) is 6.07 Å². The van der Waals surface area contributed by atoms with Gasteiger partial charge in [-0.25, -0.2) is 14.4 Å². The van der Waals surface area contributed by atoms with E-state index in [9.17, 15) is 9.18 Å². The zero-order valence-corrected chi connectivity index (χ0v) is 13.5. The van der Waals surface area contributed by atoms with Gasteiger partial charge in [-0.3, -0.25) is 4.79 Å². The molecule has 0 amide bonds. The quantitative estimate of drug-likeness (QED) is 0.793. The highest BCUT2D eigenvalue weighted by Gasteiger charge is 2.23. The number of hydrogen-bond acceptors (Lipinski definition) is 5. The zero-order chi connectivity index (χ0) is 17.2. The minimum Gasteiger partial charge on any atom is -0.490 e. The molecule has 0 spiro atoms. The number of aromatic nitrogens is 3. The van der Waals surface area contributed by atoms with E-state index in [1.54, 1.807) is 24.4 Å². The van der Waals surface area contributed by atoms with E-state index >= 15 is 0 Å². The van der Waals surface area contributed by atoms with E-state index in [0.29, 0.717) is 22.5 Å². The second-order valence-corrected chi connectivity index (χ2v) is 6.02. The highest BCUT2D eigenvalue weighted by molar-refractivity contribution is 5.87. The van der Waals surface area contributed by atoms with Crippen LogP contribution in [0.3, 0.4) is 0 Å². The van der Waals surface area contributed by atoms with E-state index in [-0.39, 0.29) is 17.5 Å². The Morgan fingerprint density at radius 2 is 2.04 bits per heavy atom. The summed E-state index contributed by atoms with van der Waals surface area (Å²) < 4.78 is 19.1. The topological polar surface area (TPSA) is 71.1 Å². The van der Waals surface area contributed by atoms with Gasteiger partial charge in [-0.15, -0.1) is 0 Å². The fourth-order valence-electron chi connectivity index (χ4n) is 3.14. The summed E-state index contributed by atoms with van der Waals surface area (Å²) in [6.07, 6.45) is 4.64. The number of nitrogens with zero attached hydrogens (tertiary/aromatic N) is 3. The standard InChI is InChI=1S/C18H17FN4O2/c19-12-2-1-3-14(10-12)25-13-5-8-23(9-6-13)17-16-15(4-7-20-17)18(24)22-11-21-16/h1-4,7,10-11,13H,5-6,8-9H2,(H,21,22,24). The number of H-pyrrole nitrogens is 1. The lowest BCUT2D eigenvalue weighted by molar-refractivity contribution is 0.170. The van der Waals surface area contributed by atoms with Crippen molar-refractivity contribution >= 4 is 16.7 Å². The second-order valence-electron chi connectivity index (χ2n) is 6.02. The monoisotopic (exact) mass is 340 g/mol. The first-order valence-electron chi connectivity index (χ1n) is 8.20. The SMILES string of the molecule is O=c1[nH]cnc2c(N3CCC(Oc4cccc(F)c4)CC3)nccc12. The van der Waals surface area contributed by atoms with Crippen LogP contribution in [-0.2, 0) is 0 Å². The van der Waals surface area contributed by atoms with E-state index < -0.39 is 0 Å². The van der Waals surface area contributed by atoms with Crippen molar-refractivity contribution in [3.63, 3.8) is 0 Å². The van der Waals surface area contributed by atoms with Gasteiger partial charge in [0.25, 0.3) is 5.56 Å². The fraction of sp³-hybridized carbons (Fsp3) is 0.278. The van der Waals surface area contributed by atoms with Gasteiger partial charge in [0.15, 0.2) is 5.82 Å². The van der Waals surface area contributed by atoms with Gasteiger partial charge in [0.05, 0.1) is 11.7 Å². The third kappa shape index (κ3) is 3.17. The predicted octanol–water partition coefficient (Wildman–Crippen LogP) is 2.51. The number of halogens is 1. The van der Waals surface area contributed by atoms with Crippen LogP contribution in [0.1, 0.15) is 12.8 Å². The summed E-state index contributed by atoms with van der Waals surface area (Å²) in [4.78, 5) is 25.3. The van der Waals surface area contributed by atoms with Gasteiger partial charge in [0.1, 0.15) is 23.2 Å². The Bertz CT molecular complexity index is 951. The summed E-state index contributed by atoms with van der Waals surface area (Å²) in [5.41, 5.74) is 0.439. The van der Waals surface area contributed by atoms with Gasteiger partial charge in [0.2, 0.25) is 0 Å². The molecule has 2 aromatic heterocycles. The molecule has 1 aromatic carbocycles. The first-order chi connectivity index (χ1) is 12.2. The maximum Gasteiger partial charge on any atom is 0.258 e. The van der Waals surface area contributed by atoms with Gasteiger partial charge in [0, 0.05) is 38.2 Å². The molecule has 0 saturated carbocycles. The third-order valence-corrected chi connectivity index (χ3v) is 4.38. The maximum atomic E-state index is 13.3. The molecule has 1 N–H and O–H groups in total. The molecule has 7 heteroatoms. The molecule has 0 atom stereocenters. The molecule has 0 radical (unpaired) electrons. The average Bonchev–Trinajstić information content (AvgIpc) is 2.63. The van der Waals surface area contributed by atoms with Crippen molar-refractivity contribution in [1.29, 1.82) is 0 Å². The second kappa shape index (κ2) is 6.51. The molecule has 0 aliphatic carbocycles. The van der Waals surface area contributed by atoms with E-state index in [0.717, 1.165) is 25.9 Å². The minimum atomic E-state index is -0.300. The number of benzene rings is 1. The highest BCUT2D eigenvalue weighted by Crippen LogP contribution is 2.25. The van der Waals surface area contributed by atoms with Crippen LogP contribution in [0.5, 0.6) is 5.75 Å². The van der Waals surface area contributed by atoms with Crippen LogP contribution in [0.2, 0.25) is 0 Å². The molecule has 128 valence electrons. The van der Waals surface area contributed by atoms with Gasteiger partial charge < -0.3 is 14.6 Å². The summed E-state index contributed by atoms with van der Waals surface area (Å²) in [5.74, 6) is 0.967. The summed E-state index contributed by atoms with van der Waals surface area (Å²) in [5, 5.41) is 0.533. The Morgan fingerprint density at radius 1 is 1.20 bits per heavy atom. The minimum absolute atomic E-state index is 0.0318. The molecular weight excluding hydrogens is 323 g/mol. The summed E-state index contributed by atoms with van der Waals surface area (Å²) in [7, 11) is 0. The van der Waals surface area contributed by atoms with Crippen molar-refractivity contribution < 1.29 is 9.13 Å². The molecule has 1 saturated heterocycles. The molecule has 1 aliphatic heterocycles. The van der Waals surface area contributed by atoms with Crippen molar-refractivity contribution in [2.75, 3.05) is 18.0 Å². The first kappa shape index (κ1) is 15.6. The Balaban J connectivity index is 1.49. The Hall–Kier alpha value is -2.96. The van der Waals surface area contributed by atoms with Crippen molar-refractivity contribution in [1.82, 2.24) is 15.0 Å². The Labute approximate surface area is 143 Å². The number of fused-ring (bicyclic) bond motifs is 1. The predicted molar refractivity (Wildman–Crippen MR) is 92.4 cm³/mol. The Morgan fingerprint density at radius 3 is 2.84 bits per heavy atom. The van der Waals surface area contributed by atoms with Crippen LogP contribution in [0, 0.1) is 5.82 Å². The molecule has 6 nitrogen and oxygen atoms in total. The van der Waals surface area contributed by atoms with Crippen molar-refractivity contribution in [3.8, 4) is 5.75 Å². The van der Waals surface area contributed by atoms with Gasteiger partial charge >= 0.3 is 0 Å². The van der Waals surface area contributed by atoms with Crippen molar-refractivity contribution in [3.05, 3.63) is 59.0 Å². The highest BCUT2D eigenvalue weighted by atomic mass is 19.1. The zero-order valence-electron chi connectivity index (χ0n) is 13.5. The molecule has 1 aliphatic rings. The van der Waals surface area contributed by atoms with Gasteiger partial charge in [-0.2, -0.15) is 0 Å². The summed E-state index contributed by atoms with van der Waals surface area (Å²) in [6.45, 7) is 1.47. The molecule has 4 rings (SSSR count). The lowest BCUT2D eigenvalue weighted by atomic mass is 10.1. The maximum absolute atomic E-state index is 13.3. The number of aromatic amines is 1. The molecular formula is C18H17FN4O2. The number of rotatable bonds is 3. The molecule has 1 fully saturated rings. The van der Waals surface area contributed by atoms with E-state index in [4.69, 9.17) is 4.74 Å². The van der Waals surface area contributed by atoms with Crippen LogP contribution in [0.4, 0.5) is 10.2 Å². The van der Waals surface area contributed by atoms with E-state index in [2.05, 4.69) is 19.9 Å². The normalized spacial score (nSPS) is 15.5. The average molecular weight is 340 g/mol. The van der Waals surface area contributed by atoms with Crippen LogP contribution in [0.15, 0.2) is 47.7 Å². The van der Waals surface area contributed by atoms with Crippen LogP contribution < -0.4 is 15.2 Å². The number of hydrogen-bond donors (Lipinski definition) is 1. The molecule has 3 heterocycles. The molecule has 0 unspecified atom stereocenters. The smallest absolute Gasteiger partial charge is 0.258 e. The number of ether oxygens (including phenoxy) is 1. The lowest BCUT2D eigenvalue weighted by Gasteiger charge is -2.33. The van der Waals surface area contributed by atoms with Gasteiger partial charge in [-0.05, 0) is 18.2 Å². The van der Waals surface area contributed by atoms with E-state index in [1.165, 1.54) is 18.5 Å². The van der Waals surface area contributed by atoms with E-state index in [1.807, 2.05) is 0 Å². The molecule has 0 bridgehead atoms. The largest absolute Gasteiger partial charge is 0.490 e. The van der Waals surface area contributed by atoms with Crippen LogP contribution in [0.25, 0.3) is 10.9 Å². The molecule has 25 heavy (non-hydrogen) atoms. The van der Waals surface area contributed by atoms with Crippen molar-refractivity contribution in [2.24, 2.45) is 0 Å². The number of anilines is 1. The molecule has 3 aromatic rings.